The van der Waals surface area contributed by atoms with Crippen LogP contribution in [0.15, 0.2) is 35.4 Å². The van der Waals surface area contributed by atoms with Gasteiger partial charge in [0.15, 0.2) is 0 Å². The van der Waals surface area contributed by atoms with Gasteiger partial charge in [0, 0.05) is 29.7 Å². The number of thiocarbonyl (C=S) groups is 1. The predicted molar refractivity (Wildman–Crippen MR) is 94.9 cm³/mol. The van der Waals surface area contributed by atoms with Gasteiger partial charge in [0.2, 0.25) is 0 Å². The number of carbonyl (C=O) groups excluding carboxylic acids is 2. The van der Waals surface area contributed by atoms with Crippen LogP contribution in [0.2, 0.25) is 0 Å². The van der Waals surface area contributed by atoms with E-state index in [9.17, 15) is 9.59 Å². The lowest BCUT2D eigenvalue weighted by atomic mass is 10.1. The van der Waals surface area contributed by atoms with Crippen LogP contribution in [0.4, 0.5) is 0 Å². The zero-order chi connectivity index (χ0) is 16.6. The minimum Gasteiger partial charge on any atom is -0.468 e. The molecule has 0 saturated carbocycles. The van der Waals surface area contributed by atoms with Gasteiger partial charge < -0.3 is 9.30 Å². The number of ether oxygens (including phenoxy) is 1. The number of fused-ring (bicyclic) bond motifs is 1. The normalized spacial score (nSPS) is 16.6. The molecule has 3 rings (SSSR count). The van der Waals surface area contributed by atoms with Gasteiger partial charge in [0.25, 0.3) is 5.91 Å². The molecule has 0 unspecified atom stereocenters. The number of methoxy groups -OCH3 is 1. The molecule has 1 aromatic carbocycles. The van der Waals surface area contributed by atoms with Crippen LogP contribution in [0.25, 0.3) is 17.0 Å². The van der Waals surface area contributed by atoms with Crippen molar-refractivity contribution in [2.24, 2.45) is 0 Å². The summed E-state index contributed by atoms with van der Waals surface area (Å²) in [4.78, 5) is 25.8. The van der Waals surface area contributed by atoms with Gasteiger partial charge in [-0.05, 0) is 12.1 Å². The molecule has 0 aliphatic carbocycles. The van der Waals surface area contributed by atoms with E-state index in [2.05, 4.69) is 0 Å². The summed E-state index contributed by atoms with van der Waals surface area (Å²) in [6.07, 6.45) is 3.67. The highest BCUT2D eigenvalue weighted by Crippen LogP contribution is 2.33. The van der Waals surface area contributed by atoms with E-state index in [0.717, 1.165) is 16.5 Å². The van der Waals surface area contributed by atoms with E-state index in [1.165, 1.54) is 23.8 Å². The Bertz CT molecular complexity index is 854. The number of rotatable bonds is 3. The number of hydrogen-bond donors (Lipinski definition) is 0. The number of hydrogen-bond acceptors (Lipinski definition) is 5. The molecule has 0 spiro atoms. The van der Waals surface area contributed by atoms with Crippen LogP contribution in [0.1, 0.15) is 5.56 Å². The molecule has 5 nitrogen and oxygen atoms in total. The lowest BCUT2D eigenvalue weighted by molar-refractivity contribution is -0.141. The number of aromatic nitrogens is 1. The van der Waals surface area contributed by atoms with Gasteiger partial charge in [-0.3, -0.25) is 14.5 Å². The van der Waals surface area contributed by atoms with Crippen molar-refractivity contribution < 1.29 is 14.3 Å². The molecule has 1 aliphatic heterocycles. The Balaban J connectivity index is 2.07. The summed E-state index contributed by atoms with van der Waals surface area (Å²) in [5.41, 5.74) is 1.79. The molecule has 2 aromatic rings. The van der Waals surface area contributed by atoms with Crippen molar-refractivity contribution in [2.45, 2.75) is 6.54 Å². The first kappa shape index (κ1) is 15.8. The average Bonchev–Trinajstić information content (AvgIpc) is 3.01. The van der Waals surface area contributed by atoms with Crippen LogP contribution in [-0.4, -0.2) is 39.8 Å². The minimum absolute atomic E-state index is 0.107. The summed E-state index contributed by atoms with van der Waals surface area (Å²) in [5.74, 6) is -0.429. The van der Waals surface area contributed by atoms with Gasteiger partial charge >= 0.3 is 5.97 Å². The first-order chi connectivity index (χ1) is 11.0. The predicted octanol–water partition coefficient (Wildman–Crippen LogP) is 2.65. The van der Waals surface area contributed by atoms with Gasteiger partial charge in [-0.15, -0.1) is 0 Å². The number of carbonyl (C=O) groups is 2. The van der Waals surface area contributed by atoms with Crippen molar-refractivity contribution in [3.8, 4) is 0 Å². The second-order valence-electron chi connectivity index (χ2n) is 5.05. The molecule has 1 saturated heterocycles. The minimum atomic E-state index is -0.322. The Kier molecular flexibility index (Phi) is 4.23. The van der Waals surface area contributed by atoms with Crippen LogP contribution in [0, 0.1) is 0 Å². The monoisotopic (exact) mass is 346 g/mol. The standard InChI is InChI=1S/C16H14N2O3S2/c1-17-15(20)13(23-16(17)22)7-10-8-18(9-14(19)21-2)12-6-4-3-5-11(10)12/h3-8H,9H2,1-2H3/b13-7-. The summed E-state index contributed by atoms with van der Waals surface area (Å²) in [6.45, 7) is 0.125. The Hall–Kier alpha value is -2.12. The SMILES string of the molecule is COC(=O)Cn1cc(/C=C2\SC(=S)N(C)C2=O)c2ccccc21. The number of amides is 1. The van der Waals surface area contributed by atoms with Gasteiger partial charge in [0.05, 0.1) is 12.0 Å². The third-order valence-corrected chi connectivity index (χ3v) is 5.10. The molecule has 2 heterocycles. The van der Waals surface area contributed by atoms with E-state index in [1.54, 1.807) is 7.05 Å². The zero-order valence-electron chi connectivity index (χ0n) is 12.6. The largest absolute Gasteiger partial charge is 0.468 e. The van der Waals surface area contributed by atoms with Gasteiger partial charge in [-0.1, -0.05) is 42.2 Å². The number of nitrogens with zero attached hydrogens (tertiary/aromatic N) is 2. The number of esters is 1. The molecule has 1 aliphatic rings. The maximum absolute atomic E-state index is 12.2. The third-order valence-electron chi connectivity index (χ3n) is 3.62. The highest BCUT2D eigenvalue weighted by atomic mass is 32.2. The van der Waals surface area contributed by atoms with E-state index in [0.29, 0.717) is 9.23 Å². The number of benzene rings is 1. The molecule has 118 valence electrons. The average molecular weight is 346 g/mol. The van der Waals surface area contributed by atoms with Gasteiger partial charge in [-0.25, -0.2) is 0 Å². The van der Waals surface area contributed by atoms with E-state index in [4.69, 9.17) is 17.0 Å². The van der Waals surface area contributed by atoms with E-state index < -0.39 is 0 Å². The van der Waals surface area contributed by atoms with E-state index in [1.807, 2.05) is 41.1 Å². The lowest BCUT2D eigenvalue weighted by Crippen LogP contribution is -2.22. The smallest absolute Gasteiger partial charge is 0.325 e. The maximum Gasteiger partial charge on any atom is 0.325 e. The Morgan fingerprint density at radius 3 is 2.78 bits per heavy atom. The Labute approximate surface area is 142 Å². The summed E-state index contributed by atoms with van der Waals surface area (Å²) in [6, 6.07) is 7.72. The fourth-order valence-electron chi connectivity index (χ4n) is 2.41. The number of thioether (sulfide) groups is 1. The lowest BCUT2D eigenvalue weighted by Gasteiger charge is -2.03. The summed E-state index contributed by atoms with van der Waals surface area (Å²) in [5, 5.41) is 0.970. The zero-order valence-corrected chi connectivity index (χ0v) is 14.2. The third kappa shape index (κ3) is 2.89. The van der Waals surface area contributed by atoms with E-state index in [-0.39, 0.29) is 18.4 Å². The van der Waals surface area contributed by atoms with Gasteiger partial charge in [-0.2, -0.15) is 0 Å². The first-order valence-corrected chi connectivity index (χ1v) is 8.10. The Morgan fingerprint density at radius 1 is 1.39 bits per heavy atom. The highest BCUT2D eigenvalue weighted by molar-refractivity contribution is 8.26. The Morgan fingerprint density at radius 2 is 2.13 bits per heavy atom. The summed E-state index contributed by atoms with van der Waals surface area (Å²) in [7, 11) is 3.03. The van der Waals surface area contributed by atoms with E-state index >= 15 is 0 Å². The topological polar surface area (TPSA) is 51.5 Å². The maximum atomic E-state index is 12.2. The molecule has 1 aromatic heterocycles. The second-order valence-corrected chi connectivity index (χ2v) is 6.72. The van der Waals surface area contributed by atoms with Crippen molar-refractivity contribution in [2.75, 3.05) is 14.2 Å². The molecule has 0 radical (unpaired) electrons. The molecule has 1 amide bonds. The second kappa shape index (κ2) is 6.17. The summed E-state index contributed by atoms with van der Waals surface area (Å²) >= 11 is 6.43. The highest BCUT2D eigenvalue weighted by Gasteiger charge is 2.29. The fourth-order valence-corrected chi connectivity index (χ4v) is 3.58. The molecule has 7 heteroatoms. The molecular weight excluding hydrogens is 332 g/mol. The molecule has 0 N–H and O–H groups in total. The van der Waals surface area contributed by atoms with Crippen LogP contribution >= 0.6 is 24.0 Å². The van der Waals surface area contributed by atoms with Crippen LogP contribution in [0.5, 0.6) is 0 Å². The van der Waals surface area contributed by atoms with Crippen molar-refractivity contribution >= 4 is 57.2 Å². The first-order valence-electron chi connectivity index (χ1n) is 6.87. The number of para-hydroxylation sites is 1. The molecule has 0 atom stereocenters. The van der Waals surface area contributed by atoms with Gasteiger partial charge in [0.1, 0.15) is 10.9 Å². The summed E-state index contributed by atoms with van der Waals surface area (Å²) < 4.78 is 7.09. The van der Waals surface area contributed by atoms with Crippen LogP contribution < -0.4 is 0 Å². The van der Waals surface area contributed by atoms with Crippen molar-refractivity contribution in [3.05, 3.63) is 40.9 Å². The van der Waals surface area contributed by atoms with Crippen molar-refractivity contribution in [3.63, 3.8) is 0 Å². The quantitative estimate of drug-likeness (QED) is 0.486. The molecule has 1 fully saturated rings. The van der Waals surface area contributed by atoms with Crippen LogP contribution in [0.3, 0.4) is 0 Å². The molecular formula is C16H14N2O3S2. The van der Waals surface area contributed by atoms with Crippen LogP contribution in [-0.2, 0) is 20.9 Å². The molecule has 23 heavy (non-hydrogen) atoms. The number of likely N-dealkylation sites (N-methyl/N-ethyl adjacent to an activating group) is 1. The fraction of sp³-hybridized carbons (Fsp3) is 0.188. The van der Waals surface area contributed by atoms with Crippen molar-refractivity contribution in [1.29, 1.82) is 0 Å². The van der Waals surface area contributed by atoms with Crippen molar-refractivity contribution in [1.82, 2.24) is 9.47 Å². The molecule has 0 bridgehead atoms.